The summed E-state index contributed by atoms with van der Waals surface area (Å²) in [6.07, 6.45) is 0. The van der Waals surface area contributed by atoms with Crippen LogP contribution in [0, 0.1) is 0 Å². The smallest absolute Gasteiger partial charge is 0.231 e. The van der Waals surface area contributed by atoms with Crippen molar-refractivity contribution >= 4 is 56.9 Å². The molecule has 4 rings (SSSR count). The van der Waals surface area contributed by atoms with E-state index in [1.165, 1.54) is 12.1 Å². The lowest BCUT2D eigenvalue weighted by Crippen LogP contribution is -2.15. The Morgan fingerprint density at radius 2 is 1.84 bits per heavy atom. The average Bonchev–Trinajstić information content (AvgIpc) is 3.08. The van der Waals surface area contributed by atoms with Crippen LogP contribution in [0.4, 0.5) is 5.69 Å². The van der Waals surface area contributed by atoms with Gasteiger partial charge in [0.1, 0.15) is 5.58 Å². The normalized spacial score (nSPS) is 12.2. The molecular formula is C22H15Cl2N2O4S-. The third-order valence-electron chi connectivity index (χ3n) is 4.76. The topological polar surface area (TPSA) is 108 Å². The Bertz CT molecular complexity index is 1340. The quantitative estimate of drug-likeness (QED) is 0.299. The Labute approximate surface area is 190 Å². The molecule has 1 atom stereocenters. The first-order valence-corrected chi connectivity index (χ1v) is 10.9. The maximum Gasteiger partial charge on any atom is 0.231 e. The number of nitrogens with one attached hydrogen (secondary N) is 1. The van der Waals surface area contributed by atoms with Gasteiger partial charge in [-0.05, 0) is 53.1 Å². The summed E-state index contributed by atoms with van der Waals surface area (Å²) in [4.78, 5) is 12.9. The summed E-state index contributed by atoms with van der Waals surface area (Å²) in [5.74, 6) is -0.428. The molecule has 0 aliphatic rings. The number of hydrogen-bond acceptors (Lipinski definition) is 5. The first-order valence-electron chi connectivity index (χ1n) is 9.07. The van der Waals surface area contributed by atoms with E-state index in [1.807, 2.05) is 30.3 Å². The molecule has 0 aliphatic carbocycles. The molecule has 0 amide bonds. The van der Waals surface area contributed by atoms with Gasteiger partial charge in [0.05, 0.1) is 10.7 Å². The number of fused-ring (bicyclic) bond motifs is 1. The van der Waals surface area contributed by atoms with Crippen molar-refractivity contribution in [1.82, 2.24) is 4.72 Å². The fourth-order valence-corrected chi connectivity index (χ4v) is 4.04. The van der Waals surface area contributed by atoms with Crippen molar-refractivity contribution in [1.29, 1.82) is 0 Å². The predicted molar refractivity (Wildman–Crippen MR) is 122 cm³/mol. The second-order valence-corrected chi connectivity index (χ2v) is 8.37. The molecule has 0 radical (unpaired) electrons. The van der Waals surface area contributed by atoms with Gasteiger partial charge in [0, 0.05) is 33.8 Å². The number of halogens is 2. The highest BCUT2D eigenvalue weighted by molar-refractivity contribution is 7.77. The van der Waals surface area contributed by atoms with Gasteiger partial charge in [-0.25, -0.2) is 4.72 Å². The minimum Gasteiger partial charge on any atom is -0.760 e. The zero-order valence-electron chi connectivity index (χ0n) is 15.9. The highest BCUT2D eigenvalue weighted by atomic mass is 35.5. The summed E-state index contributed by atoms with van der Waals surface area (Å²) in [5, 5.41) is 1.24. The number of nitrogens with two attached hydrogens (primary N) is 1. The van der Waals surface area contributed by atoms with Crippen LogP contribution in [0.2, 0.25) is 10.0 Å². The van der Waals surface area contributed by atoms with E-state index in [9.17, 15) is 13.6 Å². The number of hydrogen-bond donors (Lipinski definition) is 2. The highest BCUT2D eigenvalue weighted by Gasteiger charge is 2.22. The van der Waals surface area contributed by atoms with E-state index in [-0.39, 0.29) is 28.6 Å². The van der Waals surface area contributed by atoms with Crippen LogP contribution in [0.3, 0.4) is 0 Å². The van der Waals surface area contributed by atoms with Crippen molar-refractivity contribution < 1.29 is 18.0 Å². The monoisotopic (exact) mass is 473 g/mol. The zero-order valence-corrected chi connectivity index (χ0v) is 18.2. The third-order valence-corrected chi connectivity index (χ3v) is 5.69. The van der Waals surface area contributed by atoms with E-state index in [1.54, 1.807) is 18.2 Å². The van der Waals surface area contributed by atoms with Gasteiger partial charge in [0.25, 0.3) is 0 Å². The number of nitrogen functional groups attached to an aromatic ring is 1. The van der Waals surface area contributed by atoms with E-state index in [0.29, 0.717) is 16.0 Å². The number of carbonyl (C=O) groups excluding carboxylic acids is 1. The summed E-state index contributed by atoms with van der Waals surface area (Å²) < 4.78 is 29.6. The number of furan rings is 1. The Kier molecular flexibility index (Phi) is 6.13. The van der Waals surface area contributed by atoms with Gasteiger partial charge >= 0.3 is 0 Å². The molecule has 0 fully saturated rings. The lowest BCUT2D eigenvalue weighted by Gasteiger charge is -2.09. The van der Waals surface area contributed by atoms with Crippen LogP contribution in [0.15, 0.2) is 65.1 Å². The molecule has 0 bridgehead atoms. The van der Waals surface area contributed by atoms with E-state index in [4.69, 9.17) is 33.4 Å². The third kappa shape index (κ3) is 4.51. The van der Waals surface area contributed by atoms with Gasteiger partial charge in [-0.1, -0.05) is 47.5 Å². The molecule has 31 heavy (non-hydrogen) atoms. The second kappa shape index (κ2) is 8.82. The average molecular weight is 474 g/mol. The molecule has 1 unspecified atom stereocenters. The standard InChI is InChI=1S/C22H16Cl2N2O4S/c23-15-5-7-16(18(24)10-15)21(27)22-20(25)17-6-4-14(9-19(17)30-22)13-3-1-2-12(8-13)11-26-31(28)29/h1-10,26H,11,25H2,(H,28,29)/p-1. The lowest BCUT2D eigenvalue weighted by atomic mass is 10.0. The lowest BCUT2D eigenvalue weighted by molar-refractivity contribution is 0.101. The number of carbonyl (C=O) groups is 1. The van der Waals surface area contributed by atoms with Crippen molar-refractivity contribution in [2.45, 2.75) is 6.54 Å². The van der Waals surface area contributed by atoms with E-state index in [0.717, 1.165) is 16.7 Å². The van der Waals surface area contributed by atoms with E-state index >= 15 is 0 Å². The SMILES string of the molecule is Nc1c(C(=O)c2ccc(Cl)cc2Cl)oc2cc(-c3cccc(CNS(=O)[O-])c3)ccc12. The molecule has 9 heteroatoms. The van der Waals surface area contributed by atoms with Gasteiger partial charge in [-0.2, -0.15) is 0 Å². The molecule has 1 aromatic heterocycles. The van der Waals surface area contributed by atoms with Crippen LogP contribution < -0.4 is 10.5 Å². The maximum absolute atomic E-state index is 12.9. The largest absolute Gasteiger partial charge is 0.760 e. The molecule has 3 aromatic carbocycles. The molecule has 158 valence electrons. The molecule has 0 spiro atoms. The van der Waals surface area contributed by atoms with Crippen LogP contribution >= 0.6 is 23.2 Å². The number of benzene rings is 3. The fraction of sp³-hybridized carbons (Fsp3) is 0.0455. The van der Waals surface area contributed by atoms with Crippen molar-refractivity contribution in [2.24, 2.45) is 0 Å². The van der Waals surface area contributed by atoms with Gasteiger partial charge in [-0.3, -0.25) is 9.00 Å². The van der Waals surface area contributed by atoms with Crippen LogP contribution in [0.1, 0.15) is 21.7 Å². The summed E-state index contributed by atoms with van der Waals surface area (Å²) >= 11 is 9.73. The van der Waals surface area contributed by atoms with Crippen LogP contribution in [-0.2, 0) is 17.8 Å². The molecule has 0 saturated carbocycles. The van der Waals surface area contributed by atoms with E-state index < -0.39 is 17.0 Å². The predicted octanol–water partition coefficient (Wildman–Crippen LogP) is 5.10. The molecule has 6 nitrogen and oxygen atoms in total. The Hall–Kier alpha value is -2.68. The number of rotatable bonds is 6. The first-order chi connectivity index (χ1) is 14.8. The Balaban J connectivity index is 1.70. The molecule has 1 heterocycles. The molecule has 0 saturated heterocycles. The minimum atomic E-state index is -2.34. The first kappa shape index (κ1) is 21.5. The van der Waals surface area contributed by atoms with Gasteiger partial charge in [0.15, 0.2) is 5.76 Å². The second-order valence-electron chi connectivity index (χ2n) is 6.77. The van der Waals surface area contributed by atoms with Gasteiger partial charge in [0.2, 0.25) is 5.78 Å². The van der Waals surface area contributed by atoms with E-state index in [2.05, 4.69) is 4.72 Å². The molecule has 4 aromatic rings. The highest BCUT2D eigenvalue weighted by Crippen LogP contribution is 2.34. The Morgan fingerprint density at radius 3 is 2.58 bits per heavy atom. The molecule has 3 N–H and O–H groups in total. The van der Waals surface area contributed by atoms with Gasteiger partial charge in [-0.15, -0.1) is 0 Å². The maximum atomic E-state index is 12.9. The van der Waals surface area contributed by atoms with Crippen molar-refractivity contribution in [3.05, 3.63) is 87.6 Å². The number of ketones is 1. The minimum absolute atomic E-state index is 0.00671. The Morgan fingerprint density at radius 1 is 1.06 bits per heavy atom. The van der Waals surface area contributed by atoms with Crippen molar-refractivity contribution in [2.75, 3.05) is 5.73 Å². The molecular weight excluding hydrogens is 459 g/mol. The van der Waals surface area contributed by atoms with Crippen LogP contribution in [0.25, 0.3) is 22.1 Å². The van der Waals surface area contributed by atoms with Crippen molar-refractivity contribution in [3.63, 3.8) is 0 Å². The van der Waals surface area contributed by atoms with Gasteiger partial charge < -0.3 is 14.7 Å². The molecule has 0 aliphatic heterocycles. The van der Waals surface area contributed by atoms with Crippen molar-refractivity contribution in [3.8, 4) is 11.1 Å². The fourth-order valence-electron chi connectivity index (χ4n) is 3.26. The summed E-state index contributed by atoms with van der Waals surface area (Å²) in [6, 6.07) is 17.4. The van der Waals surface area contributed by atoms with Crippen LogP contribution in [0.5, 0.6) is 0 Å². The number of anilines is 1. The summed E-state index contributed by atoms with van der Waals surface area (Å²) in [7, 11) is 0. The zero-order chi connectivity index (χ0) is 22.1. The summed E-state index contributed by atoms with van der Waals surface area (Å²) in [5.41, 5.74) is 9.60. The summed E-state index contributed by atoms with van der Waals surface area (Å²) in [6.45, 7) is 0.181. The van der Waals surface area contributed by atoms with Crippen LogP contribution in [-0.4, -0.2) is 14.5 Å².